The van der Waals surface area contributed by atoms with Crippen LogP contribution in [0, 0.1) is 0 Å². The lowest BCUT2D eigenvalue weighted by atomic mass is 10.1. The highest BCUT2D eigenvalue weighted by Gasteiger charge is 2.09. The van der Waals surface area contributed by atoms with Gasteiger partial charge in [0.1, 0.15) is 0 Å². The number of hydrogen-bond donors (Lipinski definition) is 3. The molecule has 0 atom stereocenters. The van der Waals surface area contributed by atoms with Crippen LogP contribution in [0.4, 0.5) is 11.6 Å². The number of fused-ring (bicyclic) bond motifs is 1. The first-order valence-electron chi connectivity index (χ1n) is 9.63. The Morgan fingerprint density at radius 1 is 0.967 bits per heavy atom. The topological polar surface area (TPSA) is 99.8 Å². The third-order valence-electron chi connectivity index (χ3n) is 4.82. The van der Waals surface area contributed by atoms with Crippen LogP contribution in [0.5, 0.6) is 0 Å². The zero-order valence-corrected chi connectivity index (χ0v) is 16.5. The number of H-pyrrole nitrogens is 1. The van der Waals surface area contributed by atoms with Crippen LogP contribution in [0.3, 0.4) is 0 Å². The number of Topliss-reactive ketones (excluding diaryl/α,β-unsaturated/α-hetero) is 1. The van der Waals surface area contributed by atoms with Crippen LogP contribution in [-0.4, -0.2) is 33.2 Å². The molecule has 2 aromatic heterocycles. The van der Waals surface area contributed by atoms with Crippen molar-refractivity contribution in [3.63, 3.8) is 0 Å². The van der Waals surface area contributed by atoms with Gasteiger partial charge in [-0.2, -0.15) is 0 Å². The summed E-state index contributed by atoms with van der Waals surface area (Å²) in [5.41, 5.74) is 4.05. The molecule has 0 aliphatic rings. The zero-order chi connectivity index (χ0) is 20.9. The van der Waals surface area contributed by atoms with E-state index < -0.39 is 0 Å². The molecule has 7 nitrogen and oxygen atoms in total. The van der Waals surface area contributed by atoms with E-state index in [1.165, 1.54) is 24.7 Å². The Labute approximate surface area is 173 Å². The molecule has 0 saturated carbocycles. The minimum absolute atomic E-state index is 0.0119. The Morgan fingerprint density at radius 3 is 2.43 bits per heavy atom. The zero-order valence-electron chi connectivity index (χ0n) is 16.5. The Balaban J connectivity index is 1.32. The van der Waals surface area contributed by atoms with Crippen molar-refractivity contribution in [2.75, 3.05) is 11.9 Å². The van der Waals surface area contributed by atoms with Crippen molar-refractivity contribution < 1.29 is 9.59 Å². The maximum absolute atomic E-state index is 12.4. The first-order valence-corrected chi connectivity index (χ1v) is 9.63. The monoisotopic (exact) mass is 399 g/mol. The van der Waals surface area contributed by atoms with E-state index >= 15 is 0 Å². The summed E-state index contributed by atoms with van der Waals surface area (Å²) in [5, 5.41) is 7.12. The van der Waals surface area contributed by atoms with Gasteiger partial charge >= 0.3 is 0 Å². The highest BCUT2D eigenvalue weighted by molar-refractivity contribution is 5.94. The lowest BCUT2D eigenvalue weighted by molar-refractivity contribution is 0.0952. The van der Waals surface area contributed by atoms with Gasteiger partial charge in [0.2, 0.25) is 5.95 Å². The quantitative estimate of drug-likeness (QED) is 0.410. The molecule has 0 fully saturated rings. The van der Waals surface area contributed by atoms with Crippen molar-refractivity contribution in [1.82, 2.24) is 20.3 Å². The number of carbonyl (C=O) groups excluding carboxylic acids is 2. The van der Waals surface area contributed by atoms with Crippen LogP contribution in [-0.2, 0) is 6.42 Å². The molecule has 0 unspecified atom stereocenters. The summed E-state index contributed by atoms with van der Waals surface area (Å²) in [4.78, 5) is 35.3. The fourth-order valence-electron chi connectivity index (χ4n) is 3.18. The standard InChI is InChI=1S/C23H21N5O2/c1-15(29)16-6-8-19(9-7-16)28-23-26-13-18(14-27-23)22(30)24-11-10-17-12-25-21-5-3-2-4-20(17)21/h2-9,12-14,25H,10-11H2,1H3,(H,24,30)(H,26,27,28). The number of hydrogen-bond acceptors (Lipinski definition) is 5. The third-order valence-corrected chi connectivity index (χ3v) is 4.82. The second kappa shape index (κ2) is 8.57. The molecule has 0 aliphatic heterocycles. The van der Waals surface area contributed by atoms with E-state index in [9.17, 15) is 9.59 Å². The van der Waals surface area contributed by atoms with Crippen LogP contribution in [0.25, 0.3) is 10.9 Å². The molecule has 30 heavy (non-hydrogen) atoms. The number of aromatic nitrogens is 3. The Morgan fingerprint density at radius 2 is 1.70 bits per heavy atom. The number of aromatic amines is 1. The summed E-state index contributed by atoms with van der Waals surface area (Å²) in [6.07, 6.45) is 5.68. The molecule has 2 aromatic carbocycles. The largest absolute Gasteiger partial charge is 0.361 e. The molecular formula is C23H21N5O2. The molecule has 4 rings (SSSR count). The smallest absolute Gasteiger partial charge is 0.254 e. The second-order valence-electron chi connectivity index (χ2n) is 6.92. The van der Waals surface area contributed by atoms with Gasteiger partial charge in [0.25, 0.3) is 5.91 Å². The van der Waals surface area contributed by atoms with Crippen molar-refractivity contribution in [2.24, 2.45) is 0 Å². The predicted molar refractivity (Wildman–Crippen MR) is 116 cm³/mol. The molecule has 0 spiro atoms. The highest BCUT2D eigenvalue weighted by Crippen LogP contribution is 2.18. The van der Waals surface area contributed by atoms with Gasteiger partial charge in [-0.15, -0.1) is 0 Å². The van der Waals surface area contributed by atoms with E-state index in [-0.39, 0.29) is 11.7 Å². The van der Waals surface area contributed by atoms with Crippen LogP contribution >= 0.6 is 0 Å². The molecule has 3 N–H and O–H groups in total. The van der Waals surface area contributed by atoms with E-state index in [0.717, 1.165) is 23.2 Å². The van der Waals surface area contributed by atoms with Crippen molar-refractivity contribution >= 4 is 34.2 Å². The van der Waals surface area contributed by atoms with E-state index in [4.69, 9.17) is 0 Å². The van der Waals surface area contributed by atoms with E-state index in [2.05, 4.69) is 31.7 Å². The summed E-state index contributed by atoms with van der Waals surface area (Å²) in [7, 11) is 0. The summed E-state index contributed by atoms with van der Waals surface area (Å²) < 4.78 is 0. The average Bonchev–Trinajstić information content (AvgIpc) is 3.18. The number of nitrogens with zero attached hydrogens (tertiary/aromatic N) is 2. The highest BCUT2D eigenvalue weighted by atomic mass is 16.1. The summed E-state index contributed by atoms with van der Waals surface area (Å²) in [6.45, 7) is 2.04. The van der Waals surface area contributed by atoms with Crippen LogP contribution < -0.4 is 10.6 Å². The van der Waals surface area contributed by atoms with Crippen molar-refractivity contribution in [3.8, 4) is 0 Å². The Kier molecular flexibility index (Phi) is 5.52. The molecule has 2 heterocycles. The van der Waals surface area contributed by atoms with E-state index in [1.807, 2.05) is 24.4 Å². The number of carbonyl (C=O) groups is 2. The third kappa shape index (κ3) is 4.35. The molecule has 0 aliphatic carbocycles. The van der Waals surface area contributed by atoms with Crippen LogP contribution in [0.2, 0.25) is 0 Å². The van der Waals surface area contributed by atoms with Gasteiger partial charge in [0.15, 0.2) is 5.78 Å². The SMILES string of the molecule is CC(=O)c1ccc(Nc2ncc(C(=O)NCCc3c[nH]c4ccccc34)cn2)cc1. The number of amides is 1. The second-order valence-corrected chi connectivity index (χ2v) is 6.92. The van der Waals surface area contributed by atoms with E-state index in [1.54, 1.807) is 24.3 Å². The minimum Gasteiger partial charge on any atom is -0.361 e. The number of ketones is 1. The van der Waals surface area contributed by atoms with Crippen LogP contribution in [0.1, 0.15) is 33.2 Å². The van der Waals surface area contributed by atoms with Gasteiger partial charge in [-0.05, 0) is 49.2 Å². The summed E-state index contributed by atoms with van der Waals surface area (Å²) in [6, 6.07) is 15.1. The van der Waals surface area contributed by atoms with Gasteiger partial charge < -0.3 is 15.6 Å². The van der Waals surface area contributed by atoms with Gasteiger partial charge in [0, 0.05) is 47.3 Å². The van der Waals surface area contributed by atoms with Gasteiger partial charge in [-0.3, -0.25) is 9.59 Å². The van der Waals surface area contributed by atoms with Crippen LogP contribution in [0.15, 0.2) is 67.1 Å². The average molecular weight is 399 g/mol. The molecule has 0 bridgehead atoms. The van der Waals surface area contributed by atoms with Crippen molar-refractivity contribution in [1.29, 1.82) is 0 Å². The summed E-state index contributed by atoms with van der Waals surface area (Å²) in [5.74, 6) is 0.172. The van der Waals surface area contributed by atoms with Gasteiger partial charge in [-0.1, -0.05) is 18.2 Å². The maximum atomic E-state index is 12.4. The fraction of sp³-hybridized carbons (Fsp3) is 0.130. The van der Waals surface area contributed by atoms with Gasteiger partial charge in [-0.25, -0.2) is 9.97 Å². The predicted octanol–water partition coefficient (Wildman–Crippen LogP) is 3.88. The number of para-hydroxylation sites is 1. The summed E-state index contributed by atoms with van der Waals surface area (Å²) >= 11 is 0. The maximum Gasteiger partial charge on any atom is 0.254 e. The first kappa shape index (κ1) is 19.3. The number of anilines is 2. The fourth-order valence-corrected chi connectivity index (χ4v) is 3.18. The lowest BCUT2D eigenvalue weighted by Crippen LogP contribution is -2.26. The molecule has 0 saturated heterocycles. The van der Waals surface area contributed by atoms with E-state index in [0.29, 0.717) is 23.6 Å². The molecule has 4 aromatic rings. The number of rotatable bonds is 7. The molecule has 1 amide bonds. The molecule has 150 valence electrons. The number of nitrogens with one attached hydrogen (secondary N) is 3. The molecular weight excluding hydrogens is 378 g/mol. The Bertz CT molecular complexity index is 1180. The normalized spacial score (nSPS) is 10.7. The van der Waals surface area contributed by atoms with Crippen molar-refractivity contribution in [2.45, 2.75) is 13.3 Å². The van der Waals surface area contributed by atoms with Crippen molar-refractivity contribution in [3.05, 3.63) is 83.8 Å². The minimum atomic E-state index is -0.216. The number of benzene rings is 2. The molecule has 0 radical (unpaired) electrons. The molecule has 7 heteroatoms. The Hall–Kier alpha value is -4.00. The first-order chi connectivity index (χ1) is 14.6. The van der Waals surface area contributed by atoms with Gasteiger partial charge in [0.05, 0.1) is 5.56 Å². The lowest BCUT2D eigenvalue weighted by Gasteiger charge is -2.07.